The molecule has 3 rings (SSSR count). The summed E-state index contributed by atoms with van der Waals surface area (Å²) in [5, 5.41) is 0. The molecule has 0 saturated heterocycles. The van der Waals surface area contributed by atoms with Crippen molar-refractivity contribution in [1.29, 1.82) is 0 Å². The van der Waals surface area contributed by atoms with E-state index in [1.807, 2.05) is 0 Å². The number of H-pyrrole nitrogens is 2. The third-order valence-electron chi connectivity index (χ3n) is 3.53. The van der Waals surface area contributed by atoms with E-state index in [1.165, 1.54) is 12.1 Å². The van der Waals surface area contributed by atoms with Gasteiger partial charge >= 0.3 is 5.69 Å². The van der Waals surface area contributed by atoms with Crippen molar-refractivity contribution < 1.29 is 8.42 Å². The SMILES string of the molecule is NC(CNS(=O)(=O)c1ccc2[nH]c(=O)[nH]c2c1)C1CC1. The van der Waals surface area contributed by atoms with E-state index in [0.717, 1.165) is 12.8 Å². The molecule has 1 heterocycles. The lowest BCUT2D eigenvalue weighted by molar-refractivity contribution is 0.548. The van der Waals surface area contributed by atoms with E-state index in [0.29, 0.717) is 17.0 Å². The van der Waals surface area contributed by atoms with Gasteiger partial charge in [0.2, 0.25) is 10.0 Å². The lowest BCUT2D eigenvalue weighted by Gasteiger charge is -2.12. The van der Waals surface area contributed by atoms with Gasteiger partial charge in [-0.05, 0) is 37.0 Å². The molecule has 108 valence electrons. The molecular formula is C12H16N4O3S. The summed E-state index contributed by atoms with van der Waals surface area (Å²) in [4.78, 5) is 16.4. The Morgan fingerprint density at radius 3 is 2.70 bits per heavy atom. The van der Waals surface area contributed by atoms with Gasteiger partial charge in [0, 0.05) is 12.6 Å². The number of nitrogens with two attached hydrogens (primary N) is 1. The number of fused-ring (bicyclic) bond motifs is 1. The fraction of sp³-hybridized carbons (Fsp3) is 0.417. The lowest BCUT2D eigenvalue weighted by atomic mass is 10.2. The van der Waals surface area contributed by atoms with Crippen molar-refractivity contribution in [2.45, 2.75) is 23.8 Å². The van der Waals surface area contributed by atoms with Gasteiger partial charge in [-0.1, -0.05) is 0 Å². The Morgan fingerprint density at radius 2 is 2.00 bits per heavy atom. The van der Waals surface area contributed by atoms with Crippen LogP contribution in [0, 0.1) is 5.92 Å². The first-order valence-corrected chi connectivity index (χ1v) is 7.91. The largest absolute Gasteiger partial charge is 0.326 e. The molecule has 1 fully saturated rings. The topological polar surface area (TPSA) is 121 Å². The second-order valence-corrected chi connectivity index (χ2v) is 6.91. The molecule has 1 saturated carbocycles. The highest BCUT2D eigenvalue weighted by atomic mass is 32.2. The van der Waals surface area contributed by atoms with Crippen LogP contribution in [0.25, 0.3) is 11.0 Å². The van der Waals surface area contributed by atoms with Gasteiger partial charge in [0.1, 0.15) is 0 Å². The first-order chi connectivity index (χ1) is 9.45. The number of benzene rings is 1. The average Bonchev–Trinajstić information content (AvgIpc) is 3.17. The van der Waals surface area contributed by atoms with E-state index < -0.39 is 10.0 Å². The lowest BCUT2D eigenvalue weighted by Crippen LogP contribution is -2.38. The van der Waals surface area contributed by atoms with Crippen LogP contribution in [0.1, 0.15) is 12.8 Å². The average molecular weight is 296 g/mol. The second kappa shape index (κ2) is 4.72. The Labute approximate surface area is 115 Å². The van der Waals surface area contributed by atoms with Crippen molar-refractivity contribution in [3.05, 3.63) is 28.7 Å². The van der Waals surface area contributed by atoms with Crippen molar-refractivity contribution in [3.8, 4) is 0 Å². The van der Waals surface area contributed by atoms with Crippen LogP contribution in [0.5, 0.6) is 0 Å². The minimum absolute atomic E-state index is 0.114. The number of hydrogen-bond donors (Lipinski definition) is 4. The number of imidazole rings is 1. The van der Waals surface area contributed by atoms with E-state index >= 15 is 0 Å². The van der Waals surface area contributed by atoms with Crippen LogP contribution in [-0.4, -0.2) is 31.0 Å². The van der Waals surface area contributed by atoms with Crippen molar-refractivity contribution in [2.24, 2.45) is 11.7 Å². The highest BCUT2D eigenvalue weighted by Gasteiger charge is 2.29. The minimum Gasteiger partial charge on any atom is -0.326 e. The summed E-state index contributed by atoms with van der Waals surface area (Å²) < 4.78 is 26.8. The summed E-state index contributed by atoms with van der Waals surface area (Å²) >= 11 is 0. The Balaban J connectivity index is 1.82. The Hall–Kier alpha value is -1.64. The highest BCUT2D eigenvalue weighted by Crippen LogP contribution is 2.31. The quantitative estimate of drug-likeness (QED) is 0.614. The maximum atomic E-state index is 12.2. The molecule has 1 aromatic carbocycles. The van der Waals surface area contributed by atoms with E-state index in [-0.39, 0.29) is 23.2 Å². The zero-order valence-electron chi connectivity index (χ0n) is 10.7. The summed E-state index contributed by atoms with van der Waals surface area (Å²) in [7, 11) is -3.61. The zero-order valence-corrected chi connectivity index (χ0v) is 11.5. The summed E-state index contributed by atoms with van der Waals surface area (Å²) in [5.74, 6) is 0.432. The normalized spacial score (nSPS) is 17.4. The van der Waals surface area contributed by atoms with Gasteiger partial charge in [0.05, 0.1) is 15.9 Å². The van der Waals surface area contributed by atoms with Crippen molar-refractivity contribution >= 4 is 21.1 Å². The fourth-order valence-electron chi connectivity index (χ4n) is 2.16. The molecule has 1 atom stereocenters. The molecule has 0 bridgehead atoms. The van der Waals surface area contributed by atoms with Gasteiger partial charge < -0.3 is 15.7 Å². The fourth-order valence-corrected chi connectivity index (χ4v) is 3.26. The molecule has 0 radical (unpaired) electrons. The van der Waals surface area contributed by atoms with Gasteiger partial charge in [-0.15, -0.1) is 0 Å². The molecule has 0 aliphatic heterocycles. The van der Waals surface area contributed by atoms with Gasteiger partial charge in [-0.2, -0.15) is 0 Å². The van der Waals surface area contributed by atoms with Crippen LogP contribution in [-0.2, 0) is 10.0 Å². The summed E-state index contributed by atoms with van der Waals surface area (Å²) in [6.45, 7) is 0.231. The van der Waals surface area contributed by atoms with Crippen LogP contribution in [0.2, 0.25) is 0 Å². The third kappa shape index (κ3) is 2.62. The number of sulfonamides is 1. The molecule has 2 aromatic rings. The van der Waals surface area contributed by atoms with Crippen molar-refractivity contribution in [3.63, 3.8) is 0 Å². The second-order valence-electron chi connectivity index (χ2n) is 5.14. The number of nitrogens with one attached hydrogen (secondary N) is 3. The first kappa shape index (κ1) is 13.3. The predicted molar refractivity (Wildman–Crippen MR) is 74.8 cm³/mol. The Morgan fingerprint density at radius 1 is 1.30 bits per heavy atom. The monoisotopic (exact) mass is 296 g/mol. The first-order valence-electron chi connectivity index (χ1n) is 6.43. The van der Waals surface area contributed by atoms with Crippen LogP contribution < -0.4 is 16.1 Å². The summed E-state index contributed by atoms with van der Waals surface area (Å²) in [5.41, 5.74) is 6.55. The van der Waals surface area contributed by atoms with Gasteiger partial charge in [0.15, 0.2) is 0 Å². The molecule has 1 aliphatic carbocycles. The third-order valence-corrected chi connectivity index (χ3v) is 4.96. The smallest absolute Gasteiger partial charge is 0.323 e. The maximum Gasteiger partial charge on any atom is 0.323 e. The molecule has 5 N–H and O–H groups in total. The Kier molecular flexibility index (Phi) is 3.15. The molecule has 1 aromatic heterocycles. The van der Waals surface area contributed by atoms with Crippen molar-refractivity contribution in [1.82, 2.24) is 14.7 Å². The number of aromatic nitrogens is 2. The maximum absolute atomic E-state index is 12.2. The Bertz CT molecular complexity index is 788. The summed E-state index contributed by atoms with van der Waals surface area (Å²) in [6, 6.07) is 4.30. The van der Waals surface area contributed by atoms with Gasteiger partial charge in [-0.3, -0.25) is 0 Å². The van der Waals surface area contributed by atoms with E-state index in [4.69, 9.17) is 5.73 Å². The van der Waals surface area contributed by atoms with Crippen LogP contribution in [0.3, 0.4) is 0 Å². The van der Waals surface area contributed by atoms with Crippen molar-refractivity contribution in [2.75, 3.05) is 6.54 Å². The molecule has 1 aliphatic rings. The molecule has 1 unspecified atom stereocenters. The zero-order chi connectivity index (χ0) is 14.3. The predicted octanol–water partition coefficient (Wildman–Crippen LogP) is -0.128. The van der Waals surface area contributed by atoms with Gasteiger partial charge in [-0.25, -0.2) is 17.9 Å². The highest BCUT2D eigenvalue weighted by molar-refractivity contribution is 7.89. The van der Waals surface area contributed by atoms with Gasteiger partial charge in [0.25, 0.3) is 0 Å². The van der Waals surface area contributed by atoms with E-state index in [2.05, 4.69) is 14.7 Å². The number of hydrogen-bond acceptors (Lipinski definition) is 4. The molecular weight excluding hydrogens is 280 g/mol. The molecule has 8 heteroatoms. The molecule has 0 amide bonds. The molecule has 7 nitrogen and oxygen atoms in total. The standard InChI is InChI=1S/C12H16N4O3S/c13-9(7-1-2-7)6-14-20(18,19)8-3-4-10-11(5-8)16-12(17)15-10/h3-5,7,9,14H,1-2,6,13H2,(H2,15,16,17). The van der Waals surface area contributed by atoms with Crippen LogP contribution in [0.15, 0.2) is 27.9 Å². The summed E-state index contributed by atoms with van der Waals surface area (Å²) in [6.07, 6.45) is 2.14. The van der Waals surface area contributed by atoms with Crippen LogP contribution in [0.4, 0.5) is 0 Å². The van der Waals surface area contributed by atoms with E-state index in [9.17, 15) is 13.2 Å². The molecule has 0 spiro atoms. The number of rotatable bonds is 5. The molecule has 20 heavy (non-hydrogen) atoms. The minimum atomic E-state index is -3.61. The number of aromatic amines is 2. The van der Waals surface area contributed by atoms with Crippen LogP contribution >= 0.6 is 0 Å². The van der Waals surface area contributed by atoms with E-state index in [1.54, 1.807) is 6.07 Å².